The molecule has 8 heteroatoms. The van der Waals surface area contributed by atoms with Gasteiger partial charge in [-0.3, -0.25) is 14.7 Å². The number of fused-ring (bicyclic) bond motifs is 2. The molecule has 1 unspecified atom stereocenters. The quantitative estimate of drug-likeness (QED) is 0.838. The number of nitrogens with one attached hydrogen (secondary N) is 2. The predicted octanol–water partition coefficient (Wildman–Crippen LogP) is 2.29. The number of aromatic nitrogens is 1. The summed E-state index contributed by atoms with van der Waals surface area (Å²) in [6, 6.07) is 5.64. The summed E-state index contributed by atoms with van der Waals surface area (Å²) in [7, 11) is 0. The molecule has 1 fully saturated rings. The summed E-state index contributed by atoms with van der Waals surface area (Å²) in [5.74, 6) is -0.443. The van der Waals surface area contributed by atoms with Gasteiger partial charge in [0.15, 0.2) is 0 Å². The zero-order chi connectivity index (χ0) is 19.7. The van der Waals surface area contributed by atoms with Crippen LogP contribution < -0.4 is 10.6 Å². The van der Waals surface area contributed by atoms with E-state index in [1.165, 1.54) is 4.90 Å². The number of halogens is 3. The SMILES string of the molecule is O=C(NCC(N1CCNCC1)C(F)(F)F)c1c2c(nc3ccccc13)CCC2. The van der Waals surface area contributed by atoms with Gasteiger partial charge >= 0.3 is 6.18 Å². The van der Waals surface area contributed by atoms with Crippen LogP contribution >= 0.6 is 0 Å². The maximum Gasteiger partial charge on any atom is 0.405 e. The van der Waals surface area contributed by atoms with Crippen molar-refractivity contribution in [3.8, 4) is 0 Å². The summed E-state index contributed by atoms with van der Waals surface area (Å²) < 4.78 is 40.8. The number of alkyl halides is 3. The van der Waals surface area contributed by atoms with Gasteiger partial charge < -0.3 is 10.6 Å². The molecule has 2 N–H and O–H groups in total. The summed E-state index contributed by atoms with van der Waals surface area (Å²) in [4.78, 5) is 19.0. The third-order valence-corrected chi connectivity index (χ3v) is 5.57. The molecular formula is C20H23F3N4O. The molecule has 1 aliphatic carbocycles. The van der Waals surface area contributed by atoms with Gasteiger partial charge in [0.2, 0.25) is 0 Å². The number of hydrogen-bond acceptors (Lipinski definition) is 4. The number of carbonyl (C=O) groups excluding carboxylic acids is 1. The van der Waals surface area contributed by atoms with E-state index in [-0.39, 0.29) is 0 Å². The lowest BCUT2D eigenvalue weighted by molar-refractivity contribution is -0.183. The minimum absolute atomic E-state index is 0.313. The van der Waals surface area contributed by atoms with E-state index in [1.54, 1.807) is 0 Å². The lowest BCUT2D eigenvalue weighted by Crippen LogP contribution is -2.57. The first-order chi connectivity index (χ1) is 13.4. The van der Waals surface area contributed by atoms with Crippen molar-refractivity contribution in [2.75, 3.05) is 32.7 Å². The number of pyridine rings is 1. The van der Waals surface area contributed by atoms with E-state index >= 15 is 0 Å². The van der Waals surface area contributed by atoms with E-state index in [4.69, 9.17) is 0 Å². The Morgan fingerprint density at radius 3 is 2.71 bits per heavy atom. The Morgan fingerprint density at radius 1 is 1.21 bits per heavy atom. The second-order valence-electron chi connectivity index (χ2n) is 7.34. The van der Waals surface area contributed by atoms with Gasteiger partial charge in [0.05, 0.1) is 11.1 Å². The molecule has 2 aliphatic rings. The van der Waals surface area contributed by atoms with Crippen LogP contribution in [-0.2, 0) is 12.8 Å². The van der Waals surface area contributed by atoms with Gasteiger partial charge in [0, 0.05) is 43.8 Å². The van der Waals surface area contributed by atoms with Gasteiger partial charge in [0.25, 0.3) is 5.91 Å². The normalized spacial score (nSPS) is 18.8. The van der Waals surface area contributed by atoms with E-state index in [0.29, 0.717) is 42.6 Å². The first-order valence-electron chi connectivity index (χ1n) is 9.65. The number of piperazine rings is 1. The summed E-state index contributed by atoms with van der Waals surface area (Å²) >= 11 is 0. The maximum absolute atomic E-state index is 13.6. The third kappa shape index (κ3) is 3.71. The van der Waals surface area contributed by atoms with Crippen LogP contribution in [0.4, 0.5) is 13.2 Å². The molecule has 1 aromatic heterocycles. The van der Waals surface area contributed by atoms with E-state index < -0.39 is 24.7 Å². The van der Waals surface area contributed by atoms with Crippen molar-refractivity contribution in [3.63, 3.8) is 0 Å². The Kier molecular flexibility index (Phi) is 5.25. The van der Waals surface area contributed by atoms with Crippen LogP contribution in [0.1, 0.15) is 28.0 Å². The Morgan fingerprint density at radius 2 is 1.96 bits per heavy atom. The molecule has 5 nitrogen and oxygen atoms in total. The van der Waals surface area contributed by atoms with Crippen LogP contribution in [0.15, 0.2) is 24.3 Å². The molecule has 2 heterocycles. The molecule has 0 spiro atoms. The van der Waals surface area contributed by atoms with Crippen LogP contribution in [0, 0.1) is 0 Å². The van der Waals surface area contributed by atoms with Crippen molar-refractivity contribution in [2.45, 2.75) is 31.5 Å². The molecule has 0 bridgehead atoms. The van der Waals surface area contributed by atoms with E-state index in [0.717, 1.165) is 30.5 Å². The number of nitrogens with zero attached hydrogens (tertiary/aromatic N) is 2. The van der Waals surface area contributed by atoms with E-state index in [1.807, 2.05) is 24.3 Å². The van der Waals surface area contributed by atoms with Gasteiger partial charge in [0.1, 0.15) is 6.04 Å². The summed E-state index contributed by atoms with van der Waals surface area (Å²) in [6.07, 6.45) is -1.96. The molecule has 4 rings (SSSR count). The zero-order valence-corrected chi connectivity index (χ0v) is 15.5. The molecule has 1 aliphatic heterocycles. The number of para-hydroxylation sites is 1. The van der Waals surface area contributed by atoms with Gasteiger partial charge in [-0.15, -0.1) is 0 Å². The third-order valence-electron chi connectivity index (χ3n) is 5.57. The maximum atomic E-state index is 13.6. The minimum Gasteiger partial charge on any atom is -0.350 e. The monoisotopic (exact) mass is 392 g/mol. The second kappa shape index (κ2) is 7.67. The first-order valence-corrected chi connectivity index (χ1v) is 9.65. The molecule has 1 aromatic carbocycles. The standard InChI is InChI=1S/C20H23F3N4O/c21-20(22,23)17(27-10-8-24-9-11-27)12-25-19(28)18-13-4-1-2-6-15(13)26-16-7-3-5-14(16)18/h1-2,4,6,17,24H,3,5,7-12H2,(H,25,28). The number of rotatable bonds is 4. The van der Waals surface area contributed by atoms with Crippen molar-refractivity contribution in [1.82, 2.24) is 20.5 Å². The van der Waals surface area contributed by atoms with Gasteiger partial charge in [-0.2, -0.15) is 13.2 Å². The number of amides is 1. The molecule has 1 atom stereocenters. The average Bonchev–Trinajstić information content (AvgIpc) is 3.13. The van der Waals surface area contributed by atoms with Crippen LogP contribution in [0.5, 0.6) is 0 Å². The molecule has 1 amide bonds. The fraction of sp³-hybridized carbons (Fsp3) is 0.500. The van der Waals surface area contributed by atoms with Crippen molar-refractivity contribution in [2.24, 2.45) is 0 Å². The highest BCUT2D eigenvalue weighted by Gasteiger charge is 2.44. The number of carbonyl (C=O) groups is 1. The van der Waals surface area contributed by atoms with Crippen molar-refractivity contribution in [1.29, 1.82) is 0 Å². The Labute approximate surface area is 161 Å². The van der Waals surface area contributed by atoms with Crippen molar-refractivity contribution >= 4 is 16.8 Å². The molecule has 0 radical (unpaired) electrons. The number of aryl methyl sites for hydroxylation is 1. The molecule has 2 aromatic rings. The Bertz CT molecular complexity index is 878. The van der Waals surface area contributed by atoms with Crippen LogP contribution in [0.3, 0.4) is 0 Å². The lowest BCUT2D eigenvalue weighted by Gasteiger charge is -2.36. The highest BCUT2D eigenvalue weighted by molar-refractivity contribution is 6.07. The zero-order valence-electron chi connectivity index (χ0n) is 15.5. The number of benzene rings is 1. The Balaban J connectivity index is 1.60. The average molecular weight is 392 g/mol. The van der Waals surface area contributed by atoms with Crippen molar-refractivity contribution < 1.29 is 18.0 Å². The minimum atomic E-state index is -4.40. The summed E-state index contributed by atoms with van der Waals surface area (Å²) in [5, 5.41) is 6.33. The largest absolute Gasteiger partial charge is 0.405 e. The smallest absolute Gasteiger partial charge is 0.350 e. The first kappa shape index (κ1) is 19.1. The number of hydrogen-bond donors (Lipinski definition) is 2. The summed E-state index contributed by atoms with van der Waals surface area (Å²) in [5.41, 5.74) is 2.96. The molecule has 1 saturated heterocycles. The molecule has 28 heavy (non-hydrogen) atoms. The highest BCUT2D eigenvalue weighted by Crippen LogP contribution is 2.30. The molecular weight excluding hydrogens is 369 g/mol. The predicted molar refractivity (Wildman–Crippen MR) is 100 cm³/mol. The second-order valence-corrected chi connectivity index (χ2v) is 7.34. The van der Waals surface area contributed by atoms with Crippen LogP contribution in [-0.4, -0.2) is 60.7 Å². The van der Waals surface area contributed by atoms with Crippen LogP contribution in [0.2, 0.25) is 0 Å². The van der Waals surface area contributed by atoms with Crippen molar-refractivity contribution in [3.05, 3.63) is 41.1 Å². The topological polar surface area (TPSA) is 57.3 Å². The van der Waals surface area contributed by atoms with Gasteiger partial charge in [-0.05, 0) is 30.9 Å². The Hall–Kier alpha value is -2.19. The fourth-order valence-electron chi connectivity index (χ4n) is 4.19. The fourth-order valence-corrected chi connectivity index (χ4v) is 4.19. The molecule has 150 valence electrons. The summed E-state index contributed by atoms with van der Waals surface area (Å²) in [6.45, 7) is 1.21. The van der Waals surface area contributed by atoms with E-state index in [9.17, 15) is 18.0 Å². The van der Waals surface area contributed by atoms with Gasteiger partial charge in [-0.1, -0.05) is 18.2 Å². The van der Waals surface area contributed by atoms with Crippen LogP contribution in [0.25, 0.3) is 10.9 Å². The molecule has 0 saturated carbocycles. The lowest BCUT2D eigenvalue weighted by atomic mass is 10.0. The van der Waals surface area contributed by atoms with Gasteiger partial charge in [-0.25, -0.2) is 0 Å². The highest BCUT2D eigenvalue weighted by atomic mass is 19.4. The van der Waals surface area contributed by atoms with E-state index in [2.05, 4.69) is 15.6 Å².